The molecular weight excluding hydrogens is 174 g/mol. The number of nitrogens with one attached hydrogen (secondary N) is 1. The van der Waals surface area contributed by atoms with Gasteiger partial charge in [-0.25, -0.2) is 0 Å². The first-order chi connectivity index (χ1) is 6.79. The molecular formula is C12H17NO. The van der Waals surface area contributed by atoms with Crippen molar-refractivity contribution < 1.29 is 4.74 Å². The van der Waals surface area contributed by atoms with Gasteiger partial charge in [0.15, 0.2) is 0 Å². The summed E-state index contributed by atoms with van der Waals surface area (Å²) in [6.07, 6.45) is 1.33. The molecule has 1 aromatic rings. The zero-order valence-corrected chi connectivity index (χ0v) is 8.79. The fourth-order valence-electron chi connectivity index (χ4n) is 1.60. The summed E-state index contributed by atoms with van der Waals surface area (Å²) in [5.41, 5.74) is 1.32. The molecule has 0 bridgehead atoms. The van der Waals surface area contributed by atoms with Crippen LogP contribution in [0, 0.1) is 5.92 Å². The minimum absolute atomic E-state index is 0.747. The third-order valence-corrected chi connectivity index (χ3v) is 2.84. The first kappa shape index (κ1) is 9.53. The molecule has 1 saturated carbocycles. The summed E-state index contributed by atoms with van der Waals surface area (Å²) in [5, 5.41) is 3.52. The molecule has 2 nitrogen and oxygen atoms in total. The molecule has 2 rings (SSSR count). The molecule has 0 heterocycles. The minimum Gasteiger partial charge on any atom is -0.497 e. The molecule has 0 aliphatic heterocycles. The van der Waals surface area contributed by atoms with Crippen molar-refractivity contribution in [1.29, 1.82) is 0 Å². The zero-order chi connectivity index (χ0) is 9.97. The summed E-state index contributed by atoms with van der Waals surface area (Å²) >= 11 is 0. The predicted molar refractivity (Wildman–Crippen MR) is 57.4 cm³/mol. The summed E-state index contributed by atoms with van der Waals surface area (Å²) in [6, 6.07) is 8.98. The molecule has 2 unspecified atom stereocenters. The Morgan fingerprint density at radius 2 is 2.00 bits per heavy atom. The lowest BCUT2D eigenvalue weighted by atomic mass is 10.2. The molecule has 0 radical (unpaired) electrons. The van der Waals surface area contributed by atoms with Crippen molar-refractivity contribution in [3.63, 3.8) is 0 Å². The van der Waals surface area contributed by atoms with Crippen LogP contribution in [0.2, 0.25) is 0 Å². The Bertz CT molecular complexity index is 294. The summed E-state index contributed by atoms with van der Waals surface area (Å²) in [7, 11) is 1.69. The normalized spacial score (nSPS) is 24.7. The molecule has 0 saturated heterocycles. The molecule has 14 heavy (non-hydrogen) atoms. The number of benzene rings is 1. The van der Waals surface area contributed by atoms with Crippen molar-refractivity contribution in [1.82, 2.24) is 5.32 Å². The van der Waals surface area contributed by atoms with Gasteiger partial charge in [-0.15, -0.1) is 0 Å². The molecule has 1 aliphatic rings. The van der Waals surface area contributed by atoms with E-state index in [0.29, 0.717) is 0 Å². The molecule has 1 N–H and O–H groups in total. The van der Waals surface area contributed by atoms with Crippen LogP contribution in [0.15, 0.2) is 24.3 Å². The smallest absolute Gasteiger partial charge is 0.118 e. The second-order valence-electron chi connectivity index (χ2n) is 4.05. The zero-order valence-electron chi connectivity index (χ0n) is 8.79. The van der Waals surface area contributed by atoms with Crippen LogP contribution in [-0.4, -0.2) is 13.2 Å². The van der Waals surface area contributed by atoms with E-state index in [9.17, 15) is 0 Å². The van der Waals surface area contributed by atoms with E-state index in [1.165, 1.54) is 12.0 Å². The standard InChI is InChI=1S/C12H17NO/c1-9-7-12(9)13-8-10-3-5-11(14-2)6-4-10/h3-6,9,12-13H,7-8H2,1-2H3. The Morgan fingerprint density at radius 3 is 2.50 bits per heavy atom. The van der Waals surface area contributed by atoms with Gasteiger partial charge in [-0.05, 0) is 30.0 Å². The molecule has 76 valence electrons. The van der Waals surface area contributed by atoms with E-state index < -0.39 is 0 Å². The van der Waals surface area contributed by atoms with Crippen LogP contribution in [0.4, 0.5) is 0 Å². The topological polar surface area (TPSA) is 21.3 Å². The predicted octanol–water partition coefficient (Wildman–Crippen LogP) is 2.19. The van der Waals surface area contributed by atoms with Gasteiger partial charge in [0.25, 0.3) is 0 Å². The van der Waals surface area contributed by atoms with E-state index >= 15 is 0 Å². The SMILES string of the molecule is COc1ccc(CNC2CC2C)cc1. The highest BCUT2D eigenvalue weighted by atomic mass is 16.5. The average Bonchev–Trinajstić information content (AvgIpc) is 2.92. The Hall–Kier alpha value is -1.02. The van der Waals surface area contributed by atoms with Crippen LogP contribution in [0.3, 0.4) is 0 Å². The molecule has 0 amide bonds. The number of hydrogen-bond donors (Lipinski definition) is 1. The van der Waals surface area contributed by atoms with E-state index in [-0.39, 0.29) is 0 Å². The number of ether oxygens (including phenoxy) is 1. The van der Waals surface area contributed by atoms with Gasteiger partial charge in [0.2, 0.25) is 0 Å². The second-order valence-corrected chi connectivity index (χ2v) is 4.05. The molecule has 0 spiro atoms. The average molecular weight is 191 g/mol. The maximum atomic E-state index is 5.10. The van der Waals surface area contributed by atoms with Gasteiger partial charge in [-0.1, -0.05) is 19.1 Å². The Labute approximate surface area is 85.3 Å². The highest BCUT2D eigenvalue weighted by molar-refractivity contribution is 5.27. The van der Waals surface area contributed by atoms with Crippen molar-refractivity contribution in [2.45, 2.75) is 25.9 Å². The molecule has 1 aromatic carbocycles. The maximum absolute atomic E-state index is 5.10. The fraction of sp³-hybridized carbons (Fsp3) is 0.500. The number of rotatable bonds is 4. The quantitative estimate of drug-likeness (QED) is 0.787. The second kappa shape index (κ2) is 4.01. The van der Waals surface area contributed by atoms with Crippen molar-refractivity contribution in [3.8, 4) is 5.75 Å². The lowest BCUT2D eigenvalue weighted by Gasteiger charge is -2.04. The minimum atomic E-state index is 0.747. The van der Waals surface area contributed by atoms with Gasteiger partial charge < -0.3 is 10.1 Å². The van der Waals surface area contributed by atoms with Gasteiger partial charge in [-0.3, -0.25) is 0 Å². The lowest BCUT2D eigenvalue weighted by molar-refractivity contribution is 0.414. The van der Waals surface area contributed by atoms with Crippen LogP contribution in [0.1, 0.15) is 18.9 Å². The van der Waals surface area contributed by atoms with Crippen molar-refractivity contribution in [2.24, 2.45) is 5.92 Å². The Kier molecular flexibility index (Phi) is 2.73. The van der Waals surface area contributed by atoms with Crippen molar-refractivity contribution in [3.05, 3.63) is 29.8 Å². The maximum Gasteiger partial charge on any atom is 0.118 e. The lowest BCUT2D eigenvalue weighted by Crippen LogP contribution is -2.16. The third kappa shape index (κ3) is 2.26. The molecule has 2 atom stereocenters. The van der Waals surface area contributed by atoms with Gasteiger partial charge >= 0.3 is 0 Å². The van der Waals surface area contributed by atoms with Crippen molar-refractivity contribution >= 4 is 0 Å². The molecule has 1 aliphatic carbocycles. The van der Waals surface area contributed by atoms with E-state index in [1.54, 1.807) is 7.11 Å². The van der Waals surface area contributed by atoms with E-state index in [2.05, 4.69) is 24.4 Å². The highest BCUT2D eigenvalue weighted by Crippen LogP contribution is 2.29. The van der Waals surface area contributed by atoms with Gasteiger partial charge in [0, 0.05) is 12.6 Å². The summed E-state index contributed by atoms with van der Waals surface area (Å²) in [6.45, 7) is 3.25. The summed E-state index contributed by atoms with van der Waals surface area (Å²) in [5.74, 6) is 1.79. The first-order valence-electron chi connectivity index (χ1n) is 5.16. The number of hydrogen-bond acceptors (Lipinski definition) is 2. The van der Waals surface area contributed by atoms with E-state index in [1.807, 2.05) is 12.1 Å². The monoisotopic (exact) mass is 191 g/mol. The molecule has 2 heteroatoms. The molecule has 1 fully saturated rings. The van der Waals surface area contributed by atoms with Crippen LogP contribution >= 0.6 is 0 Å². The highest BCUT2D eigenvalue weighted by Gasteiger charge is 2.31. The van der Waals surface area contributed by atoms with Gasteiger partial charge in [0.1, 0.15) is 5.75 Å². The van der Waals surface area contributed by atoms with E-state index in [0.717, 1.165) is 24.3 Å². The van der Waals surface area contributed by atoms with Crippen LogP contribution < -0.4 is 10.1 Å². The van der Waals surface area contributed by atoms with Crippen LogP contribution in [-0.2, 0) is 6.54 Å². The van der Waals surface area contributed by atoms with Crippen LogP contribution in [0.25, 0.3) is 0 Å². The van der Waals surface area contributed by atoms with Gasteiger partial charge in [-0.2, -0.15) is 0 Å². The first-order valence-corrected chi connectivity index (χ1v) is 5.16. The summed E-state index contributed by atoms with van der Waals surface area (Å²) < 4.78 is 5.10. The molecule has 0 aromatic heterocycles. The third-order valence-electron chi connectivity index (χ3n) is 2.84. The van der Waals surface area contributed by atoms with Crippen LogP contribution in [0.5, 0.6) is 5.75 Å². The Balaban J connectivity index is 1.84. The van der Waals surface area contributed by atoms with Gasteiger partial charge in [0.05, 0.1) is 7.11 Å². The Morgan fingerprint density at radius 1 is 1.36 bits per heavy atom. The number of methoxy groups -OCH3 is 1. The fourth-order valence-corrected chi connectivity index (χ4v) is 1.60. The van der Waals surface area contributed by atoms with Crippen molar-refractivity contribution in [2.75, 3.05) is 7.11 Å². The van der Waals surface area contributed by atoms with E-state index in [4.69, 9.17) is 4.74 Å². The largest absolute Gasteiger partial charge is 0.497 e. The summed E-state index contributed by atoms with van der Waals surface area (Å²) in [4.78, 5) is 0.